The Morgan fingerprint density at radius 2 is 1.76 bits per heavy atom. The van der Waals surface area contributed by atoms with Gasteiger partial charge in [0.15, 0.2) is 5.13 Å². The molecule has 9 heteroatoms. The van der Waals surface area contributed by atoms with Gasteiger partial charge in [0.25, 0.3) is 0 Å². The summed E-state index contributed by atoms with van der Waals surface area (Å²) >= 11 is 1.60. The highest BCUT2D eigenvalue weighted by Gasteiger charge is 2.27. The summed E-state index contributed by atoms with van der Waals surface area (Å²) in [6.45, 7) is 8.88. The molecule has 2 aromatic carbocycles. The van der Waals surface area contributed by atoms with Crippen molar-refractivity contribution in [3.05, 3.63) is 64.0 Å². The fourth-order valence-electron chi connectivity index (χ4n) is 5.88. The molecule has 2 fully saturated rings. The van der Waals surface area contributed by atoms with Gasteiger partial charge in [0.05, 0.1) is 11.6 Å². The molecular formula is C32H40N4O4S. The number of aryl methyl sites for hydroxylation is 2. The smallest absolute Gasteiger partial charge is 0.306 e. The lowest BCUT2D eigenvalue weighted by molar-refractivity contribution is -0.142. The van der Waals surface area contributed by atoms with Gasteiger partial charge in [0.2, 0.25) is 5.91 Å². The molecule has 0 saturated carbocycles. The molecule has 218 valence electrons. The topological polar surface area (TPSA) is 95.0 Å². The largest absolute Gasteiger partial charge is 0.488 e. The SMILES string of the molecule is CNC(=O)C1CCN(Cc2ccc(COc3c(C)cccc3-c3csc(N4CCC(C(=O)O)CC4)n3)c(C)c2)CC1. The fraction of sp³-hybridized carbons (Fsp3) is 0.469. The van der Waals surface area contributed by atoms with Crippen LogP contribution in [-0.4, -0.2) is 60.1 Å². The summed E-state index contributed by atoms with van der Waals surface area (Å²) < 4.78 is 6.46. The predicted molar refractivity (Wildman–Crippen MR) is 162 cm³/mol. The Morgan fingerprint density at radius 3 is 2.44 bits per heavy atom. The number of carbonyl (C=O) groups excluding carboxylic acids is 1. The van der Waals surface area contributed by atoms with Gasteiger partial charge in [-0.25, -0.2) is 4.98 Å². The number of anilines is 1. The van der Waals surface area contributed by atoms with Crippen molar-refractivity contribution >= 4 is 28.3 Å². The summed E-state index contributed by atoms with van der Waals surface area (Å²) in [5, 5.41) is 15.1. The highest BCUT2D eigenvalue weighted by molar-refractivity contribution is 7.14. The lowest BCUT2D eigenvalue weighted by Gasteiger charge is -2.31. The molecule has 0 radical (unpaired) electrons. The number of aliphatic carboxylic acids is 1. The van der Waals surface area contributed by atoms with Gasteiger partial charge in [-0.2, -0.15) is 0 Å². The molecule has 1 amide bonds. The minimum absolute atomic E-state index is 0.135. The molecule has 0 aliphatic carbocycles. The van der Waals surface area contributed by atoms with Crippen LogP contribution in [0.25, 0.3) is 11.3 Å². The maximum atomic E-state index is 11.9. The molecule has 1 aromatic heterocycles. The molecule has 0 unspecified atom stereocenters. The molecule has 3 heterocycles. The number of carboxylic acids is 1. The van der Waals surface area contributed by atoms with E-state index in [4.69, 9.17) is 9.72 Å². The lowest BCUT2D eigenvalue weighted by atomic mass is 9.95. The second kappa shape index (κ2) is 13.0. The second-order valence-electron chi connectivity index (χ2n) is 11.3. The number of para-hydroxylation sites is 1. The molecule has 0 spiro atoms. The van der Waals surface area contributed by atoms with Crippen molar-refractivity contribution in [3.8, 4) is 17.0 Å². The minimum Gasteiger partial charge on any atom is -0.488 e. The van der Waals surface area contributed by atoms with Gasteiger partial charge in [-0.1, -0.05) is 30.3 Å². The van der Waals surface area contributed by atoms with E-state index in [0.29, 0.717) is 32.5 Å². The van der Waals surface area contributed by atoms with Crippen molar-refractivity contribution in [2.45, 2.75) is 52.7 Å². The molecule has 3 aromatic rings. The number of hydrogen-bond acceptors (Lipinski definition) is 7. The third kappa shape index (κ3) is 6.90. The summed E-state index contributed by atoms with van der Waals surface area (Å²) in [6.07, 6.45) is 3.12. The number of hydrogen-bond donors (Lipinski definition) is 2. The average Bonchev–Trinajstić information content (AvgIpc) is 3.47. The number of piperidine rings is 2. The number of benzene rings is 2. The van der Waals surface area contributed by atoms with Crippen LogP contribution in [0, 0.1) is 25.7 Å². The zero-order chi connectivity index (χ0) is 28.9. The number of rotatable bonds is 9. The molecule has 5 rings (SSSR count). The molecule has 0 bridgehead atoms. The quantitative estimate of drug-likeness (QED) is 0.359. The van der Waals surface area contributed by atoms with Crippen LogP contribution in [0.2, 0.25) is 0 Å². The highest BCUT2D eigenvalue weighted by Crippen LogP contribution is 2.37. The summed E-state index contributed by atoms with van der Waals surface area (Å²) in [4.78, 5) is 32.8. The van der Waals surface area contributed by atoms with Crippen LogP contribution in [0.1, 0.15) is 47.9 Å². The van der Waals surface area contributed by atoms with E-state index in [1.807, 2.05) is 6.07 Å². The number of ether oxygens (including phenoxy) is 1. The first-order valence-corrected chi connectivity index (χ1v) is 15.4. The first kappa shape index (κ1) is 29.1. The first-order valence-electron chi connectivity index (χ1n) is 14.5. The Bertz CT molecular complexity index is 1370. The van der Waals surface area contributed by atoms with Crippen molar-refractivity contribution in [2.24, 2.45) is 11.8 Å². The van der Waals surface area contributed by atoms with Crippen molar-refractivity contribution in [2.75, 3.05) is 38.1 Å². The number of carbonyl (C=O) groups is 2. The van der Waals surface area contributed by atoms with Crippen molar-refractivity contribution in [3.63, 3.8) is 0 Å². The van der Waals surface area contributed by atoms with Crippen molar-refractivity contribution in [1.82, 2.24) is 15.2 Å². The minimum atomic E-state index is -0.699. The van der Waals surface area contributed by atoms with Crippen LogP contribution >= 0.6 is 11.3 Å². The van der Waals surface area contributed by atoms with E-state index in [-0.39, 0.29) is 17.7 Å². The van der Waals surface area contributed by atoms with E-state index in [2.05, 4.69) is 64.7 Å². The zero-order valence-electron chi connectivity index (χ0n) is 24.2. The molecule has 2 aliphatic heterocycles. The van der Waals surface area contributed by atoms with E-state index in [1.165, 1.54) is 11.1 Å². The van der Waals surface area contributed by atoms with Gasteiger partial charge in [-0.15, -0.1) is 11.3 Å². The summed E-state index contributed by atoms with van der Waals surface area (Å²) in [5.41, 5.74) is 6.57. The number of amides is 1. The first-order chi connectivity index (χ1) is 19.8. The summed E-state index contributed by atoms with van der Waals surface area (Å²) in [6, 6.07) is 12.8. The average molecular weight is 577 g/mol. The Labute approximate surface area is 246 Å². The normalized spacial score (nSPS) is 17.0. The Balaban J connectivity index is 1.22. The van der Waals surface area contributed by atoms with E-state index in [9.17, 15) is 14.7 Å². The molecule has 8 nitrogen and oxygen atoms in total. The molecule has 2 N–H and O–H groups in total. The highest BCUT2D eigenvalue weighted by atomic mass is 32.1. The van der Waals surface area contributed by atoms with Gasteiger partial charge < -0.3 is 20.1 Å². The molecular weight excluding hydrogens is 536 g/mol. The Morgan fingerprint density at radius 1 is 1.02 bits per heavy atom. The van der Waals surface area contributed by atoms with Gasteiger partial charge in [-0.3, -0.25) is 14.5 Å². The number of nitrogens with zero attached hydrogens (tertiary/aromatic N) is 3. The van der Waals surface area contributed by atoms with E-state index in [1.54, 1.807) is 18.4 Å². The third-order valence-electron chi connectivity index (χ3n) is 8.48. The predicted octanol–water partition coefficient (Wildman–Crippen LogP) is 5.26. The Hall–Kier alpha value is -3.43. The van der Waals surface area contributed by atoms with Crippen LogP contribution in [0.15, 0.2) is 41.8 Å². The maximum Gasteiger partial charge on any atom is 0.306 e. The standard InChI is InChI=1S/C32H40N4O4S/c1-21-5-4-6-27(28-20-41-32(34-28)36-15-11-25(12-16-36)31(38)39)29(21)40-19-26-8-7-23(17-22(26)2)18-35-13-9-24(10-14-35)30(37)33-3/h4-8,17,20,24-25H,9-16,18-19H2,1-3H3,(H,33,37)(H,38,39). The molecule has 2 saturated heterocycles. The van der Waals surface area contributed by atoms with Crippen LogP contribution in [0.5, 0.6) is 5.75 Å². The molecule has 0 atom stereocenters. The fourth-order valence-corrected chi connectivity index (χ4v) is 6.76. The van der Waals surface area contributed by atoms with E-state index >= 15 is 0 Å². The van der Waals surface area contributed by atoms with E-state index < -0.39 is 5.97 Å². The van der Waals surface area contributed by atoms with Crippen molar-refractivity contribution in [1.29, 1.82) is 0 Å². The van der Waals surface area contributed by atoms with Gasteiger partial charge >= 0.3 is 5.97 Å². The number of carboxylic acid groups (broad SMARTS) is 1. The monoisotopic (exact) mass is 576 g/mol. The van der Waals surface area contributed by atoms with Crippen molar-refractivity contribution < 1.29 is 19.4 Å². The molecule has 41 heavy (non-hydrogen) atoms. The van der Waals surface area contributed by atoms with Crippen LogP contribution < -0.4 is 15.0 Å². The van der Waals surface area contributed by atoms with Gasteiger partial charge in [0.1, 0.15) is 12.4 Å². The Kier molecular flexibility index (Phi) is 9.25. The number of thiazole rings is 1. The molecule has 2 aliphatic rings. The third-order valence-corrected chi connectivity index (χ3v) is 9.39. The van der Waals surface area contributed by atoms with Crippen LogP contribution in [0.4, 0.5) is 5.13 Å². The maximum absolute atomic E-state index is 11.9. The zero-order valence-corrected chi connectivity index (χ0v) is 25.0. The summed E-state index contributed by atoms with van der Waals surface area (Å²) in [7, 11) is 1.72. The second-order valence-corrected chi connectivity index (χ2v) is 12.1. The summed E-state index contributed by atoms with van der Waals surface area (Å²) in [5.74, 6) is 0.185. The van der Waals surface area contributed by atoms with Gasteiger partial charge in [0, 0.05) is 43.5 Å². The van der Waals surface area contributed by atoms with Crippen LogP contribution in [-0.2, 0) is 22.7 Å². The van der Waals surface area contributed by atoms with Gasteiger partial charge in [-0.05, 0) is 80.9 Å². The number of likely N-dealkylation sites (tertiary alicyclic amines) is 1. The van der Waals surface area contributed by atoms with Crippen LogP contribution in [0.3, 0.4) is 0 Å². The number of aromatic nitrogens is 1. The lowest BCUT2D eigenvalue weighted by Crippen LogP contribution is -2.39. The number of nitrogens with one attached hydrogen (secondary N) is 1. The van der Waals surface area contributed by atoms with E-state index in [0.717, 1.165) is 65.7 Å².